The molecule has 1 heterocycles. The van der Waals surface area contributed by atoms with Crippen molar-refractivity contribution in [3.05, 3.63) is 34.9 Å². The fraction of sp³-hybridized carbons (Fsp3) is 0.625. The molecule has 2 fully saturated rings. The molecule has 0 bridgehead atoms. The number of aryl methyl sites for hydroxylation is 2. The molecule has 1 saturated carbocycles. The molecule has 1 saturated heterocycles. The van der Waals surface area contributed by atoms with Gasteiger partial charge in [-0.3, -0.25) is 0 Å². The first-order valence-corrected chi connectivity index (χ1v) is 7.04. The van der Waals surface area contributed by atoms with E-state index >= 15 is 0 Å². The van der Waals surface area contributed by atoms with Gasteiger partial charge < -0.3 is 9.47 Å². The van der Waals surface area contributed by atoms with Crippen molar-refractivity contribution in [1.82, 2.24) is 0 Å². The summed E-state index contributed by atoms with van der Waals surface area (Å²) in [5.41, 5.74) is 4.31. The molecule has 1 spiro atoms. The molecule has 0 aromatic heterocycles. The fourth-order valence-corrected chi connectivity index (χ4v) is 3.44. The van der Waals surface area contributed by atoms with Gasteiger partial charge >= 0.3 is 0 Å². The molecule has 2 nitrogen and oxygen atoms in total. The Kier molecular flexibility index (Phi) is 3.16. The van der Waals surface area contributed by atoms with Crippen LogP contribution in [0.3, 0.4) is 0 Å². The summed E-state index contributed by atoms with van der Waals surface area (Å²) in [6.07, 6.45) is 4.46. The molecule has 0 atom stereocenters. The summed E-state index contributed by atoms with van der Waals surface area (Å²) in [5, 5.41) is 0. The first-order chi connectivity index (χ1) is 8.69. The monoisotopic (exact) mass is 246 g/mol. The highest BCUT2D eigenvalue weighted by Gasteiger charge is 2.40. The minimum absolute atomic E-state index is 0.227. The summed E-state index contributed by atoms with van der Waals surface area (Å²) in [4.78, 5) is 0. The molecule has 0 radical (unpaired) electrons. The van der Waals surface area contributed by atoms with Crippen LogP contribution in [-0.4, -0.2) is 19.0 Å². The molecular weight excluding hydrogens is 224 g/mol. The molecule has 98 valence electrons. The zero-order valence-corrected chi connectivity index (χ0v) is 11.4. The third-order valence-electron chi connectivity index (χ3n) is 4.43. The van der Waals surface area contributed by atoms with Crippen LogP contribution < -0.4 is 0 Å². The first kappa shape index (κ1) is 12.2. The van der Waals surface area contributed by atoms with Crippen LogP contribution in [0.15, 0.2) is 18.2 Å². The normalized spacial score (nSPS) is 23.7. The largest absolute Gasteiger partial charge is 0.348 e. The molecule has 2 heteroatoms. The average Bonchev–Trinajstić information content (AvgIpc) is 2.80. The first-order valence-electron chi connectivity index (χ1n) is 7.04. The maximum absolute atomic E-state index is 5.79. The van der Waals surface area contributed by atoms with E-state index in [0.29, 0.717) is 5.92 Å². The van der Waals surface area contributed by atoms with Crippen LogP contribution in [0.5, 0.6) is 0 Å². The van der Waals surface area contributed by atoms with Gasteiger partial charge in [0.1, 0.15) is 0 Å². The topological polar surface area (TPSA) is 18.5 Å². The van der Waals surface area contributed by atoms with Gasteiger partial charge in [0.15, 0.2) is 5.79 Å². The highest BCUT2D eigenvalue weighted by molar-refractivity contribution is 5.33. The summed E-state index contributed by atoms with van der Waals surface area (Å²) in [5.74, 6) is 0.457. The Morgan fingerprint density at radius 3 is 2.33 bits per heavy atom. The van der Waals surface area contributed by atoms with Gasteiger partial charge in [0, 0.05) is 12.8 Å². The quantitative estimate of drug-likeness (QED) is 0.752. The number of benzene rings is 1. The third kappa shape index (κ3) is 2.19. The van der Waals surface area contributed by atoms with Gasteiger partial charge in [-0.15, -0.1) is 0 Å². The van der Waals surface area contributed by atoms with Gasteiger partial charge in [-0.2, -0.15) is 0 Å². The Bertz CT molecular complexity index is 423. The second-order valence-electron chi connectivity index (χ2n) is 5.74. The van der Waals surface area contributed by atoms with Gasteiger partial charge in [-0.25, -0.2) is 0 Å². The van der Waals surface area contributed by atoms with Crippen molar-refractivity contribution in [1.29, 1.82) is 0 Å². The number of hydrogen-bond donors (Lipinski definition) is 0. The van der Waals surface area contributed by atoms with Crippen LogP contribution >= 0.6 is 0 Å². The standard InChI is InChI=1S/C16H22O2/c1-12-3-4-15(13(2)11-12)14-5-7-16(8-6-14)17-9-10-18-16/h3-4,11,14H,5-10H2,1-2H3. The van der Waals surface area contributed by atoms with Crippen LogP contribution in [0, 0.1) is 13.8 Å². The second-order valence-corrected chi connectivity index (χ2v) is 5.74. The SMILES string of the molecule is Cc1ccc(C2CCC3(CC2)OCCO3)c(C)c1. The molecule has 18 heavy (non-hydrogen) atoms. The van der Waals surface area contributed by atoms with E-state index in [0.717, 1.165) is 26.1 Å². The predicted molar refractivity (Wildman–Crippen MR) is 71.8 cm³/mol. The number of hydrogen-bond acceptors (Lipinski definition) is 2. The predicted octanol–water partition coefficient (Wildman–Crippen LogP) is 3.70. The highest BCUT2D eigenvalue weighted by Crippen LogP contribution is 2.42. The lowest BCUT2D eigenvalue weighted by Gasteiger charge is -2.36. The Hall–Kier alpha value is -0.860. The van der Waals surface area contributed by atoms with Crippen LogP contribution in [0.2, 0.25) is 0 Å². The fourth-order valence-electron chi connectivity index (χ4n) is 3.44. The van der Waals surface area contributed by atoms with Crippen LogP contribution in [-0.2, 0) is 9.47 Å². The van der Waals surface area contributed by atoms with Gasteiger partial charge in [0.05, 0.1) is 13.2 Å². The molecule has 0 amide bonds. The lowest BCUT2D eigenvalue weighted by atomic mass is 9.79. The smallest absolute Gasteiger partial charge is 0.168 e. The van der Waals surface area contributed by atoms with Gasteiger partial charge in [-0.05, 0) is 43.7 Å². The molecule has 1 aliphatic carbocycles. The Morgan fingerprint density at radius 2 is 1.72 bits per heavy atom. The van der Waals surface area contributed by atoms with Crippen molar-refractivity contribution in [2.45, 2.75) is 51.2 Å². The van der Waals surface area contributed by atoms with Gasteiger partial charge in [-0.1, -0.05) is 23.8 Å². The van der Waals surface area contributed by atoms with E-state index in [-0.39, 0.29) is 5.79 Å². The molecule has 1 aromatic carbocycles. The summed E-state index contributed by atoms with van der Waals surface area (Å²) in [6, 6.07) is 6.83. The minimum atomic E-state index is -0.227. The zero-order valence-electron chi connectivity index (χ0n) is 11.4. The van der Waals surface area contributed by atoms with Crippen molar-refractivity contribution >= 4 is 0 Å². The van der Waals surface area contributed by atoms with Crippen molar-refractivity contribution in [2.75, 3.05) is 13.2 Å². The summed E-state index contributed by atoms with van der Waals surface area (Å²) in [6.45, 7) is 5.94. The molecule has 1 aliphatic heterocycles. The highest BCUT2D eigenvalue weighted by atomic mass is 16.7. The van der Waals surface area contributed by atoms with Crippen molar-refractivity contribution < 1.29 is 9.47 Å². The summed E-state index contributed by atoms with van der Waals surface area (Å²) < 4.78 is 11.6. The minimum Gasteiger partial charge on any atom is -0.348 e. The summed E-state index contributed by atoms with van der Waals surface area (Å²) >= 11 is 0. The van der Waals surface area contributed by atoms with Crippen molar-refractivity contribution in [2.24, 2.45) is 0 Å². The third-order valence-corrected chi connectivity index (χ3v) is 4.43. The molecule has 2 aliphatic rings. The van der Waals surface area contributed by atoms with E-state index in [1.54, 1.807) is 0 Å². The lowest BCUT2D eigenvalue weighted by molar-refractivity contribution is -0.178. The van der Waals surface area contributed by atoms with Gasteiger partial charge in [0.25, 0.3) is 0 Å². The number of rotatable bonds is 1. The van der Waals surface area contributed by atoms with Crippen molar-refractivity contribution in [3.8, 4) is 0 Å². The molecular formula is C16H22O2. The second kappa shape index (κ2) is 4.67. The van der Waals surface area contributed by atoms with Crippen molar-refractivity contribution in [3.63, 3.8) is 0 Å². The Labute approximate surface area is 109 Å². The zero-order chi connectivity index (χ0) is 12.6. The molecule has 1 aromatic rings. The van der Waals surface area contributed by atoms with Crippen LogP contribution in [0.1, 0.15) is 48.3 Å². The Morgan fingerprint density at radius 1 is 1.06 bits per heavy atom. The molecule has 0 N–H and O–H groups in total. The molecule has 0 unspecified atom stereocenters. The van der Waals surface area contributed by atoms with E-state index in [9.17, 15) is 0 Å². The van der Waals surface area contributed by atoms with Gasteiger partial charge in [0.2, 0.25) is 0 Å². The number of ether oxygens (including phenoxy) is 2. The van der Waals surface area contributed by atoms with E-state index in [2.05, 4.69) is 32.0 Å². The molecule has 3 rings (SSSR count). The Balaban J connectivity index is 1.72. The maximum atomic E-state index is 5.79. The maximum Gasteiger partial charge on any atom is 0.168 e. The van der Waals surface area contributed by atoms with E-state index in [4.69, 9.17) is 9.47 Å². The van der Waals surface area contributed by atoms with E-state index in [1.165, 1.54) is 29.5 Å². The van der Waals surface area contributed by atoms with Crippen LogP contribution in [0.4, 0.5) is 0 Å². The summed E-state index contributed by atoms with van der Waals surface area (Å²) in [7, 11) is 0. The van der Waals surface area contributed by atoms with E-state index < -0.39 is 0 Å². The van der Waals surface area contributed by atoms with E-state index in [1.807, 2.05) is 0 Å². The van der Waals surface area contributed by atoms with Crippen LogP contribution in [0.25, 0.3) is 0 Å². The lowest BCUT2D eigenvalue weighted by Crippen LogP contribution is -2.34. The average molecular weight is 246 g/mol.